The monoisotopic (exact) mass is 1140 g/mol. The van der Waals surface area contributed by atoms with Crippen LogP contribution in [0.3, 0.4) is 0 Å². The molecule has 2 atom stereocenters. The SMILES string of the molecule is C/C=C1\C[C@H]2C=Nc3cc(OCc4cc(OCCN(C)CC(C)(C)SCC(=O)N(C)CCOCCOCCOCCOCCC(=O)OC)cc(COc5cc6c(cc5OC)C(=O)N5C/C(=C/C)C[C@H]5C=N6)n4)c(OC)cc3C(=O)N2C1. The number of allylic oxidation sites excluding steroid dienone is 2. The molecule has 0 bridgehead atoms. The Bertz CT molecular complexity index is 2650. The van der Waals surface area contributed by atoms with Crippen molar-refractivity contribution in [2.45, 2.75) is 77.0 Å². The molecule has 3 aromatic rings. The minimum Gasteiger partial charge on any atom is -0.493 e. The van der Waals surface area contributed by atoms with Crippen LogP contribution in [0, 0.1) is 0 Å². The molecule has 3 amide bonds. The summed E-state index contributed by atoms with van der Waals surface area (Å²) in [5.41, 5.74) is 5.34. The van der Waals surface area contributed by atoms with Crippen LogP contribution in [0.1, 0.15) is 79.1 Å². The zero-order valence-electron chi connectivity index (χ0n) is 48.3. The fourth-order valence-electron chi connectivity index (χ4n) is 9.49. The number of esters is 1. The van der Waals surface area contributed by atoms with E-state index >= 15 is 0 Å². The molecule has 0 N–H and O–H groups in total. The summed E-state index contributed by atoms with van der Waals surface area (Å²) in [6, 6.07) is 10.2. The Kier molecular flexibility index (Phi) is 23.4. The first-order chi connectivity index (χ1) is 39.1. The van der Waals surface area contributed by atoms with E-state index in [1.54, 1.807) is 48.0 Å². The van der Waals surface area contributed by atoms with Gasteiger partial charge in [-0.05, 0) is 59.7 Å². The Hall–Kier alpha value is -6.56. The van der Waals surface area contributed by atoms with Crippen molar-refractivity contribution in [3.05, 3.63) is 82.2 Å². The quantitative estimate of drug-likeness (QED) is 0.0353. The number of aliphatic imine (C=N–C) groups is 2. The van der Waals surface area contributed by atoms with Crippen LogP contribution >= 0.6 is 11.8 Å². The van der Waals surface area contributed by atoms with Gasteiger partial charge in [0.15, 0.2) is 23.0 Å². The fraction of sp³-hybridized carbons (Fsp3) is 0.542. The van der Waals surface area contributed by atoms with Gasteiger partial charge in [-0.15, -0.1) is 11.8 Å². The zero-order valence-corrected chi connectivity index (χ0v) is 49.1. The highest BCUT2D eigenvalue weighted by atomic mass is 32.2. The summed E-state index contributed by atoms with van der Waals surface area (Å²) in [5, 5.41) is 0. The maximum Gasteiger partial charge on any atom is 0.307 e. The van der Waals surface area contributed by atoms with E-state index in [4.69, 9.17) is 57.6 Å². The van der Waals surface area contributed by atoms with Crippen molar-refractivity contribution in [2.24, 2.45) is 9.98 Å². The highest BCUT2D eigenvalue weighted by Gasteiger charge is 2.36. The van der Waals surface area contributed by atoms with Gasteiger partial charge >= 0.3 is 5.97 Å². The first kappa shape index (κ1) is 62.0. The van der Waals surface area contributed by atoms with Crippen LogP contribution in [0.25, 0.3) is 0 Å². The van der Waals surface area contributed by atoms with Crippen molar-refractivity contribution >= 4 is 59.3 Å². The minimum absolute atomic E-state index is 0.0152. The number of fused-ring (bicyclic) bond motifs is 4. The summed E-state index contributed by atoms with van der Waals surface area (Å²) in [7, 11) is 8.22. The van der Waals surface area contributed by atoms with Crippen molar-refractivity contribution in [1.82, 2.24) is 24.6 Å². The van der Waals surface area contributed by atoms with Gasteiger partial charge in [0, 0.05) is 81.2 Å². The molecule has 0 spiro atoms. The number of likely N-dealkylation sites (N-methyl/N-ethyl adjacent to an activating group) is 2. The Balaban J connectivity index is 0.922. The van der Waals surface area contributed by atoms with Crippen LogP contribution in [0.4, 0.5) is 11.4 Å². The molecule has 0 saturated carbocycles. The third kappa shape index (κ3) is 17.7. The first-order valence-electron chi connectivity index (χ1n) is 27.4. The summed E-state index contributed by atoms with van der Waals surface area (Å²) in [6.45, 7) is 14.6. The zero-order chi connectivity index (χ0) is 57.9. The van der Waals surface area contributed by atoms with E-state index < -0.39 is 0 Å². The number of carbonyl (C=O) groups is 4. The lowest BCUT2D eigenvalue weighted by atomic mass is 10.1. The first-order valence-corrected chi connectivity index (χ1v) is 28.4. The molecule has 2 aromatic carbocycles. The largest absolute Gasteiger partial charge is 0.493 e. The number of rotatable bonds is 32. The number of carbonyl (C=O) groups excluding carboxylic acids is 4. The Morgan fingerprint density at radius 3 is 1.63 bits per heavy atom. The van der Waals surface area contributed by atoms with Crippen molar-refractivity contribution < 1.29 is 66.5 Å². The molecule has 0 radical (unpaired) electrons. The number of methoxy groups -OCH3 is 3. The van der Waals surface area contributed by atoms with Crippen LogP contribution in [0.2, 0.25) is 0 Å². The molecule has 81 heavy (non-hydrogen) atoms. The molecule has 4 aliphatic rings. The lowest BCUT2D eigenvalue weighted by molar-refractivity contribution is -0.142. The molecule has 22 heteroatoms. The normalized spacial score (nSPS) is 17.5. The topological polar surface area (TPSA) is 211 Å². The number of aromatic nitrogens is 1. The van der Waals surface area contributed by atoms with Gasteiger partial charge in [0.2, 0.25) is 5.91 Å². The van der Waals surface area contributed by atoms with E-state index in [9.17, 15) is 19.2 Å². The maximum absolute atomic E-state index is 13.8. The van der Waals surface area contributed by atoms with Gasteiger partial charge in [0.1, 0.15) is 25.6 Å². The molecule has 0 aliphatic carbocycles. The van der Waals surface area contributed by atoms with Crippen molar-refractivity contribution in [3.8, 4) is 28.7 Å². The van der Waals surface area contributed by atoms with Crippen molar-refractivity contribution in [2.75, 3.05) is 133 Å². The van der Waals surface area contributed by atoms with E-state index in [-0.39, 0.29) is 60.2 Å². The van der Waals surface area contributed by atoms with E-state index in [0.29, 0.717) is 161 Å². The Morgan fingerprint density at radius 1 is 0.654 bits per heavy atom. The smallest absolute Gasteiger partial charge is 0.307 e. The molecular weight excluding hydrogens is 1060 g/mol. The summed E-state index contributed by atoms with van der Waals surface area (Å²) in [5.74, 6) is 1.90. The standard InChI is InChI=1S/C59H79N7O14S/c1-10-40-24-44-32-60-49-30-53(51(71-7)28-47(49)57(69)65(44)34-40)79-36-42-26-46(27-43(62-42)37-80-54-31-50-48(29-52(54)72-8)58(70)66-35-41(11-2)25-45(66)33-61-50)78-17-13-63(5)39-59(3,4)81-38-55(67)64(6)14-16-75-19-21-77-23-22-76-20-18-74-15-12-56(68)73-9/h10-11,26-33,44-45H,12-25,34-39H2,1-9H3/b40-10+,41-11+/t44-,45-/m0/s1. The van der Waals surface area contributed by atoms with Gasteiger partial charge in [-0.2, -0.15) is 0 Å². The van der Waals surface area contributed by atoms with Crippen LogP contribution in [0.15, 0.2) is 69.7 Å². The van der Waals surface area contributed by atoms with Crippen LogP contribution in [-0.2, 0) is 46.5 Å². The molecular formula is C59H79N7O14S. The van der Waals surface area contributed by atoms with Gasteiger partial charge in [-0.25, -0.2) is 0 Å². The number of thioether (sulfide) groups is 1. The van der Waals surface area contributed by atoms with Gasteiger partial charge in [0.25, 0.3) is 11.8 Å². The molecule has 4 aliphatic heterocycles. The Morgan fingerprint density at radius 2 is 1.15 bits per heavy atom. The second-order valence-electron chi connectivity index (χ2n) is 20.5. The summed E-state index contributed by atoms with van der Waals surface area (Å²) >= 11 is 1.60. The highest BCUT2D eigenvalue weighted by molar-refractivity contribution is 8.01. The minimum atomic E-state index is -0.308. The predicted molar refractivity (Wildman–Crippen MR) is 309 cm³/mol. The number of ether oxygens (including phenoxy) is 10. The molecule has 0 unspecified atom stereocenters. The molecule has 21 nitrogen and oxygen atoms in total. The highest BCUT2D eigenvalue weighted by Crippen LogP contribution is 2.41. The molecule has 2 saturated heterocycles. The average Bonchev–Trinajstić information content (AvgIpc) is 4.15. The Labute approximate surface area is 479 Å². The van der Waals surface area contributed by atoms with Crippen LogP contribution in [-0.4, -0.2) is 211 Å². The third-order valence-electron chi connectivity index (χ3n) is 14.1. The second-order valence-corrected chi connectivity index (χ2v) is 22.2. The predicted octanol–water partition coefficient (Wildman–Crippen LogP) is 6.92. The number of nitrogens with zero attached hydrogens (tertiary/aromatic N) is 7. The number of hydrogen-bond acceptors (Lipinski definition) is 19. The third-order valence-corrected chi connectivity index (χ3v) is 15.4. The molecule has 440 valence electrons. The van der Waals surface area contributed by atoms with Crippen LogP contribution in [0.5, 0.6) is 28.7 Å². The van der Waals surface area contributed by atoms with Gasteiger partial charge in [-0.3, -0.25) is 34.1 Å². The van der Waals surface area contributed by atoms with E-state index in [2.05, 4.69) is 35.6 Å². The van der Waals surface area contributed by atoms with E-state index in [0.717, 1.165) is 12.8 Å². The van der Waals surface area contributed by atoms with Gasteiger partial charge in [0.05, 0.1) is 132 Å². The molecule has 2 fully saturated rings. The number of pyridine rings is 1. The number of benzene rings is 2. The maximum atomic E-state index is 13.8. The lowest BCUT2D eigenvalue weighted by Gasteiger charge is -2.30. The average molecular weight is 1140 g/mol. The van der Waals surface area contributed by atoms with E-state index in [1.807, 2.05) is 55.3 Å². The fourth-order valence-corrected chi connectivity index (χ4v) is 10.5. The summed E-state index contributed by atoms with van der Waals surface area (Å²) in [4.78, 5) is 73.7. The molecule has 5 heterocycles. The van der Waals surface area contributed by atoms with E-state index in [1.165, 1.54) is 32.5 Å². The molecule has 1 aromatic heterocycles. The molecule has 7 rings (SSSR count). The summed E-state index contributed by atoms with van der Waals surface area (Å²) in [6.07, 6.45) is 9.46. The van der Waals surface area contributed by atoms with Crippen molar-refractivity contribution in [1.29, 1.82) is 0 Å². The van der Waals surface area contributed by atoms with Crippen molar-refractivity contribution in [3.63, 3.8) is 0 Å². The number of hydrogen-bond donors (Lipinski definition) is 0. The van der Waals surface area contributed by atoms with Crippen LogP contribution < -0.4 is 23.7 Å². The lowest BCUT2D eigenvalue weighted by Crippen LogP contribution is -2.38. The number of amides is 3. The van der Waals surface area contributed by atoms with Gasteiger partial charge < -0.3 is 67.0 Å². The summed E-state index contributed by atoms with van der Waals surface area (Å²) < 4.78 is 57.1. The van der Waals surface area contributed by atoms with Gasteiger partial charge in [-0.1, -0.05) is 23.3 Å². The second kappa shape index (κ2) is 30.5.